The van der Waals surface area contributed by atoms with Crippen molar-refractivity contribution in [1.82, 2.24) is 5.32 Å². The van der Waals surface area contributed by atoms with E-state index in [-0.39, 0.29) is 0 Å². The summed E-state index contributed by atoms with van der Waals surface area (Å²) < 4.78 is 6.61. The number of nitrogens with one attached hydrogen (secondary N) is 1. The van der Waals surface area contributed by atoms with Gasteiger partial charge in [-0.15, -0.1) is 11.3 Å². The van der Waals surface area contributed by atoms with Crippen LogP contribution in [-0.2, 0) is 4.74 Å². The van der Waals surface area contributed by atoms with Crippen LogP contribution in [0, 0.1) is 5.92 Å². The molecule has 4 heteroatoms. The highest BCUT2D eigenvalue weighted by Gasteiger charge is 2.21. The third kappa shape index (κ3) is 4.42. The summed E-state index contributed by atoms with van der Waals surface area (Å²) in [6.45, 7) is 11.5. The Balaban J connectivity index is 2.00. The van der Waals surface area contributed by atoms with Crippen molar-refractivity contribution in [2.75, 3.05) is 19.8 Å². The first-order chi connectivity index (χ1) is 9.58. The van der Waals surface area contributed by atoms with Crippen LogP contribution in [0.1, 0.15) is 37.5 Å². The van der Waals surface area contributed by atoms with Gasteiger partial charge in [0.1, 0.15) is 0 Å². The molecule has 0 radical (unpaired) electrons. The van der Waals surface area contributed by atoms with Crippen LogP contribution in [0.2, 0.25) is 0 Å². The van der Waals surface area contributed by atoms with Gasteiger partial charge in [0.05, 0.1) is 3.79 Å². The molecule has 1 aromatic rings. The summed E-state index contributed by atoms with van der Waals surface area (Å²) in [4.78, 5) is 1.40. The fraction of sp³-hybridized carbons (Fsp3) is 0.625. The van der Waals surface area contributed by atoms with E-state index in [1.54, 1.807) is 0 Å². The fourth-order valence-corrected chi connectivity index (χ4v) is 4.09. The molecule has 0 spiro atoms. The van der Waals surface area contributed by atoms with Gasteiger partial charge in [0, 0.05) is 36.6 Å². The van der Waals surface area contributed by atoms with Gasteiger partial charge in [-0.25, -0.2) is 0 Å². The SMILES string of the molecule is C=C(C(C)C)[C@H](CNC1CCOCC1)c1ccc(Br)s1. The van der Waals surface area contributed by atoms with E-state index >= 15 is 0 Å². The van der Waals surface area contributed by atoms with E-state index in [1.807, 2.05) is 11.3 Å². The number of hydrogen-bond acceptors (Lipinski definition) is 3. The van der Waals surface area contributed by atoms with Crippen molar-refractivity contribution in [3.63, 3.8) is 0 Å². The van der Waals surface area contributed by atoms with Gasteiger partial charge in [0.15, 0.2) is 0 Å². The second kappa shape index (κ2) is 7.74. The van der Waals surface area contributed by atoms with E-state index in [2.05, 4.69) is 53.8 Å². The lowest BCUT2D eigenvalue weighted by Gasteiger charge is -2.27. The summed E-state index contributed by atoms with van der Waals surface area (Å²) in [5.41, 5.74) is 1.32. The second-order valence-electron chi connectivity index (χ2n) is 5.72. The van der Waals surface area contributed by atoms with Crippen molar-refractivity contribution in [2.24, 2.45) is 5.92 Å². The Morgan fingerprint density at radius 2 is 2.15 bits per heavy atom. The van der Waals surface area contributed by atoms with E-state index in [9.17, 15) is 0 Å². The summed E-state index contributed by atoms with van der Waals surface area (Å²) >= 11 is 5.39. The predicted molar refractivity (Wildman–Crippen MR) is 90.6 cm³/mol. The monoisotopic (exact) mass is 357 g/mol. The van der Waals surface area contributed by atoms with Crippen molar-refractivity contribution in [1.29, 1.82) is 0 Å². The molecule has 2 rings (SSSR count). The molecule has 112 valence electrons. The highest BCUT2D eigenvalue weighted by Crippen LogP contribution is 2.34. The average molecular weight is 358 g/mol. The van der Waals surface area contributed by atoms with Gasteiger partial charge in [-0.05, 0) is 46.8 Å². The molecule has 1 N–H and O–H groups in total. The minimum absolute atomic E-state index is 0.411. The van der Waals surface area contributed by atoms with Gasteiger partial charge in [0.2, 0.25) is 0 Å². The Hall–Kier alpha value is -0.160. The molecule has 2 heterocycles. The number of rotatable bonds is 6. The minimum atomic E-state index is 0.411. The van der Waals surface area contributed by atoms with Crippen LogP contribution in [0.25, 0.3) is 0 Å². The van der Waals surface area contributed by atoms with E-state index in [0.29, 0.717) is 17.9 Å². The topological polar surface area (TPSA) is 21.3 Å². The zero-order chi connectivity index (χ0) is 14.5. The molecule has 0 amide bonds. The summed E-state index contributed by atoms with van der Waals surface area (Å²) in [6, 6.07) is 4.95. The molecular formula is C16H24BrNOS. The van der Waals surface area contributed by atoms with Gasteiger partial charge < -0.3 is 10.1 Å². The van der Waals surface area contributed by atoms with E-state index in [0.717, 1.165) is 32.6 Å². The predicted octanol–water partition coefficient (Wildman–Crippen LogP) is 4.58. The third-order valence-corrected chi connectivity index (χ3v) is 5.70. The Bertz CT molecular complexity index is 437. The molecule has 1 aliphatic heterocycles. The fourth-order valence-electron chi connectivity index (χ4n) is 2.52. The Labute approximate surface area is 134 Å². The molecule has 1 atom stereocenters. The van der Waals surface area contributed by atoms with Crippen LogP contribution < -0.4 is 5.32 Å². The molecule has 1 aromatic heterocycles. The molecule has 1 fully saturated rings. The zero-order valence-corrected chi connectivity index (χ0v) is 14.7. The second-order valence-corrected chi connectivity index (χ2v) is 8.21. The van der Waals surface area contributed by atoms with Crippen LogP contribution >= 0.6 is 27.3 Å². The number of thiophene rings is 1. The standard InChI is InChI=1S/C16H24BrNOS/c1-11(2)12(3)14(15-4-5-16(17)20-15)10-18-13-6-8-19-9-7-13/h4-5,11,13-14,18H,3,6-10H2,1-2H3/t14-/m0/s1. The average Bonchev–Trinajstić information content (AvgIpc) is 2.86. The van der Waals surface area contributed by atoms with E-state index in [4.69, 9.17) is 4.74 Å². The zero-order valence-electron chi connectivity index (χ0n) is 12.3. The van der Waals surface area contributed by atoms with Crippen molar-refractivity contribution in [2.45, 2.75) is 38.6 Å². The molecule has 1 aliphatic rings. The molecule has 1 saturated heterocycles. The molecule has 0 unspecified atom stereocenters. The lowest BCUT2D eigenvalue weighted by Crippen LogP contribution is -2.37. The summed E-state index contributed by atoms with van der Waals surface area (Å²) in [5, 5.41) is 3.72. The smallest absolute Gasteiger partial charge is 0.0701 e. The van der Waals surface area contributed by atoms with Crippen LogP contribution in [0.5, 0.6) is 0 Å². The first-order valence-electron chi connectivity index (χ1n) is 7.33. The third-order valence-electron chi connectivity index (χ3n) is 3.96. The highest BCUT2D eigenvalue weighted by atomic mass is 79.9. The largest absolute Gasteiger partial charge is 0.381 e. The van der Waals surface area contributed by atoms with Gasteiger partial charge in [-0.1, -0.05) is 26.0 Å². The van der Waals surface area contributed by atoms with Gasteiger partial charge in [-0.2, -0.15) is 0 Å². The Morgan fingerprint density at radius 1 is 1.45 bits per heavy atom. The number of ether oxygens (including phenoxy) is 1. The van der Waals surface area contributed by atoms with Crippen LogP contribution in [0.3, 0.4) is 0 Å². The molecule has 2 nitrogen and oxygen atoms in total. The maximum Gasteiger partial charge on any atom is 0.0701 e. The Kier molecular flexibility index (Phi) is 6.27. The van der Waals surface area contributed by atoms with E-state index in [1.165, 1.54) is 14.2 Å². The first-order valence-corrected chi connectivity index (χ1v) is 8.94. The van der Waals surface area contributed by atoms with Crippen molar-refractivity contribution in [3.8, 4) is 0 Å². The highest BCUT2D eigenvalue weighted by molar-refractivity contribution is 9.11. The molecule has 20 heavy (non-hydrogen) atoms. The summed E-state index contributed by atoms with van der Waals surface area (Å²) in [6.07, 6.45) is 2.24. The molecule has 0 bridgehead atoms. The van der Waals surface area contributed by atoms with Crippen LogP contribution in [0.15, 0.2) is 28.1 Å². The lowest BCUT2D eigenvalue weighted by molar-refractivity contribution is 0.0778. The molecule has 0 aromatic carbocycles. The van der Waals surface area contributed by atoms with Crippen LogP contribution in [-0.4, -0.2) is 25.8 Å². The Morgan fingerprint density at radius 3 is 2.70 bits per heavy atom. The summed E-state index contributed by atoms with van der Waals surface area (Å²) in [5.74, 6) is 0.923. The van der Waals surface area contributed by atoms with Gasteiger partial charge >= 0.3 is 0 Å². The lowest BCUT2D eigenvalue weighted by atomic mass is 9.89. The maximum absolute atomic E-state index is 5.42. The maximum atomic E-state index is 5.42. The van der Waals surface area contributed by atoms with Gasteiger partial charge in [0.25, 0.3) is 0 Å². The van der Waals surface area contributed by atoms with Gasteiger partial charge in [-0.3, -0.25) is 0 Å². The van der Waals surface area contributed by atoms with Crippen molar-refractivity contribution in [3.05, 3.63) is 32.9 Å². The van der Waals surface area contributed by atoms with E-state index < -0.39 is 0 Å². The van der Waals surface area contributed by atoms with Crippen LogP contribution in [0.4, 0.5) is 0 Å². The summed E-state index contributed by atoms with van der Waals surface area (Å²) in [7, 11) is 0. The quantitative estimate of drug-likeness (QED) is 0.752. The van der Waals surface area contributed by atoms with Crippen molar-refractivity contribution >= 4 is 27.3 Å². The first kappa shape index (κ1) is 16.2. The normalized spacial score (nSPS) is 18.4. The number of hydrogen-bond donors (Lipinski definition) is 1. The minimum Gasteiger partial charge on any atom is -0.381 e. The number of halogens is 1. The molecule has 0 saturated carbocycles. The molecular weight excluding hydrogens is 334 g/mol. The molecule has 0 aliphatic carbocycles. The van der Waals surface area contributed by atoms with Crippen molar-refractivity contribution < 1.29 is 4.74 Å².